The van der Waals surface area contributed by atoms with Crippen molar-refractivity contribution in [3.63, 3.8) is 0 Å². The lowest BCUT2D eigenvalue weighted by Crippen LogP contribution is -2.17. The van der Waals surface area contributed by atoms with Crippen LogP contribution in [-0.2, 0) is 11.2 Å². The van der Waals surface area contributed by atoms with Crippen LogP contribution in [0.5, 0.6) is 23.1 Å². The van der Waals surface area contributed by atoms with Crippen LogP contribution < -0.4 is 19.5 Å². The fraction of sp³-hybridized carbons (Fsp3) is 0.143. The first-order valence-corrected chi connectivity index (χ1v) is 9.11. The van der Waals surface area contributed by atoms with Crippen molar-refractivity contribution in [1.82, 2.24) is 4.98 Å². The van der Waals surface area contributed by atoms with Gasteiger partial charge in [0.15, 0.2) is 11.5 Å². The Morgan fingerprint density at radius 2 is 1.82 bits per heavy atom. The predicted octanol–water partition coefficient (Wildman–Crippen LogP) is 4.48. The van der Waals surface area contributed by atoms with Gasteiger partial charge < -0.3 is 19.5 Å². The van der Waals surface area contributed by atoms with E-state index in [1.807, 2.05) is 18.2 Å². The van der Waals surface area contributed by atoms with E-state index >= 15 is 0 Å². The SMILES string of the molecule is O=C(Cc1ccc2c(c1)OCCO2)Nc1ccc(Oc2ccc(Cl)cc2)nc1. The van der Waals surface area contributed by atoms with Crippen molar-refractivity contribution in [1.29, 1.82) is 0 Å². The number of amides is 1. The van der Waals surface area contributed by atoms with Gasteiger partial charge in [0.1, 0.15) is 19.0 Å². The number of nitrogens with one attached hydrogen (secondary N) is 1. The van der Waals surface area contributed by atoms with Crippen molar-refractivity contribution in [3.8, 4) is 23.1 Å². The highest BCUT2D eigenvalue weighted by molar-refractivity contribution is 6.30. The molecule has 1 aromatic heterocycles. The molecule has 3 aromatic rings. The number of benzene rings is 2. The Labute approximate surface area is 167 Å². The molecule has 7 heteroatoms. The van der Waals surface area contributed by atoms with Gasteiger partial charge in [-0.3, -0.25) is 4.79 Å². The third kappa shape index (κ3) is 4.53. The Balaban J connectivity index is 1.35. The Morgan fingerprint density at radius 3 is 2.57 bits per heavy atom. The Kier molecular flexibility index (Phi) is 5.30. The monoisotopic (exact) mass is 396 g/mol. The average molecular weight is 397 g/mol. The van der Waals surface area contributed by atoms with Crippen LogP contribution in [0.4, 0.5) is 5.69 Å². The summed E-state index contributed by atoms with van der Waals surface area (Å²) in [6, 6.07) is 15.9. The topological polar surface area (TPSA) is 69.7 Å². The van der Waals surface area contributed by atoms with Gasteiger partial charge in [0, 0.05) is 11.1 Å². The zero-order chi connectivity index (χ0) is 19.3. The van der Waals surface area contributed by atoms with Gasteiger partial charge in [-0.15, -0.1) is 0 Å². The van der Waals surface area contributed by atoms with Crippen LogP contribution in [0.3, 0.4) is 0 Å². The van der Waals surface area contributed by atoms with Gasteiger partial charge in [-0.25, -0.2) is 4.98 Å². The number of hydrogen-bond acceptors (Lipinski definition) is 5. The van der Waals surface area contributed by atoms with Crippen LogP contribution in [0.1, 0.15) is 5.56 Å². The number of pyridine rings is 1. The minimum absolute atomic E-state index is 0.148. The highest BCUT2D eigenvalue weighted by Gasteiger charge is 2.13. The first kappa shape index (κ1) is 18.1. The summed E-state index contributed by atoms with van der Waals surface area (Å²) in [7, 11) is 0. The minimum atomic E-state index is -0.148. The number of ether oxygens (including phenoxy) is 3. The second-order valence-corrected chi connectivity index (χ2v) is 6.58. The van der Waals surface area contributed by atoms with Crippen molar-refractivity contribution in [2.24, 2.45) is 0 Å². The number of anilines is 1. The van der Waals surface area contributed by atoms with Crippen LogP contribution in [0.15, 0.2) is 60.8 Å². The number of fused-ring (bicyclic) bond motifs is 1. The van der Waals surface area contributed by atoms with Crippen molar-refractivity contribution in [3.05, 3.63) is 71.4 Å². The van der Waals surface area contributed by atoms with E-state index in [2.05, 4.69) is 10.3 Å². The lowest BCUT2D eigenvalue weighted by atomic mass is 10.1. The molecule has 2 heterocycles. The molecule has 6 nitrogen and oxygen atoms in total. The number of halogens is 1. The molecule has 2 aromatic carbocycles. The normalized spacial score (nSPS) is 12.3. The molecule has 28 heavy (non-hydrogen) atoms. The van der Waals surface area contributed by atoms with Crippen LogP contribution in [0.2, 0.25) is 5.02 Å². The largest absolute Gasteiger partial charge is 0.486 e. The molecular weight excluding hydrogens is 380 g/mol. The van der Waals surface area contributed by atoms with Crippen molar-refractivity contribution in [2.45, 2.75) is 6.42 Å². The minimum Gasteiger partial charge on any atom is -0.486 e. The lowest BCUT2D eigenvalue weighted by molar-refractivity contribution is -0.115. The summed E-state index contributed by atoms with van der Waals surface area (Å²) in [6.45, 7) is 1.05. The van der Waals surface area contributed by atoms with Crippen molar-refractivity contribution >= 4 is 23.2 Å². The Morgan fingerprint density at radius 1 is 1.04 bits per heavy atom. The predicted molar refractivity (Wildman–Crippen MR) is 106 cm³/mol. The maximum absolute atomic E-state index is 12.3. The average Bonchev–Trinajstić information content (AvgIpc) is 2.71. The molecule has 0 atom stereocenters. The number of nitrogens with zero attached hydrogens (tertiary/aromatic N) is 1. The fourth-order valence-corrected chi connectivity index (χ4v) is 2.85. The van der Waals surface area contributed by atoms with E-state index in [0.29, 0.717) is 47.1 Å². The van der Waals surface area contributed by atoms with Gasteiger partial charge in [-0.2, -0.15) is 0 Å². The number of hydrogen-bond donors (Lipinski definition) is 1. The second kappa shape index (κ2) is 8.19. The van der Waals surface area contributed by atoms with E-state index in [1.165, 1.54) is 0 Å². The van der Waals surface area contributed by atoms with E-state index in [9.17, 15) is 4.79 Å². The van der Waals surface area contributed by atoms with E-state index in [1.54, 1.807) is 42.6 Å². The standard InChI is InChI=1S/C21H17ClN2O4/c22-15-2-5-17(6-3-15)28-21-8-4-16(13-23-21)24-20(25)12-14-1-7-18-19(11-14)27-10-9-26-18/h1-8,11,13H,9-10,12H2,(H,24,25). The van der Waals surface area contributed by atoms with Crippen LogP contribution in [0.25, 0.3) is 0 Å². The molecule has 0 saturated carbocycles. The van der Waals surface area contributed by atoms with Gasteiger partial charge in [-0.05, 0) is 48.0 Å². The summed E-state index contributed by atoms with van der Waals surface area (Å²) in [5, 5.41) is 3.46. The summed E-state index contributed by atoms with van der Waals surface area (Å²) < 4.78 is 16.7. The summed E-state index contributed by atoms with van der Waals surface area (Å²) in [4.78, 5) is 16.5. The molecule has 0 radical (unpaired) electrons. The fourth-order valence-electron chi connectivity index (χ4n) is 2.73. The molecule has 0 bridgehead atoms. The van der Waals surface area contributed by atoms with Gasteiger partial charge in [0.25, 0.3) is 0 Å². The first-order chi connectivity index (χ1) is 13.7. The molecule has 4 rings (SSSR count). The number of aromatic nitrogens is 1. The molecule has 1 amide bonds. The summed E-state index contributed by atoms with van der Waals surface area (Å²) in [5.74, 6) is 2.28. The number of rotatable bonds is 5. The molecule has 0 unspecified atom stereocenters. The maximum Gasteiger partial charge on any atom is 0.228 e. The Hall–Kier alpha value is -3.25. The van der Waals surface area contributed by atoms with E-state index in [-0.39, 0.29) is 12.3 Å². The molecule has 1 N–H and O–H groups in total. The molecule has 0 fully saturated rings. The van der Waals surface area contributed by atoms with Crippen LogP contribution >= 0.6 is 11.6 Å². The van der Waals surface area contributed by atoms with Crippen LogP contribution in [-0.4, -0.2) is 24.1 Å². The highest BCUT2D eigenvalue weighted by Crippen LogP contribution is 2.31. The number of carbonyl (C=O) groups excluding carboxylic acids is 1. The Bertz CT molecular complexity index is 975. The highest BCUT2D eigenvalue weighted by atomic mass is 35.5. The number of carbonyl (C=O) groups is 1. The molecule has 0 saturated heterocycles. The van der Waals surface area contributed by atoms with Crippen molar-refractivity contribution < 1.29 is 19.0 Å². The van der Waals surface area contributed by atoms with E-state index in [4.69, 9.17) is 25.8 Å². The third-order valence-electron chi connectivity index (χ3n) is 4.03. The lowest BCUT2D eigenvalue weighted by Gasteiger charge is -2.18. The van der Waals surface area contributed by atoms with Gasteiger partial charge >= 0.3 is 0 Å². The maximum atomic E-state index is 12.3. The van der Waals surface area contributed by atoms with E-state index < -0.39 is 0 Å². The molecular formula is C21H17ClN2O4. The van der Waals surface area contributed by atoms with Gasteiger partial charge in [0.05, 0.1) is 18.3 Å². The zero-order valence-electron chi connectivity index (χ0n) is 14.9. The third-order valence-corrected chi connectivity index (χ3v) is 4.28. The summed E-state index contributed by atoms with van der Waals surface area (Å²) in [6.07, 6.45) is 1.77. The summed E-state index contributed by atoms with van der Waals surface area (Å²) in [5.41, 5.74) is 1.43. The molecule has 0 spiro atoms. The zero-order valence-corrected chi connectivity index (χ0v) is 15.6. The molecule has 0 aliphatic carbocycles. The smallest absolute Gasteiger partial charge is 0.228 e. The molecule has 142 valence electrons. The van der Waals surface area contributed by atoms with Gasteiger partial charge in [0.2, 0.25) is 11.8 Å². The van der Waals surface area contributed by atoms with Crippen LogP contribution in [0, 0.1) is 0 Å². The quantitative estimate of drug-likeness (QED) is 0.688. The first-order valence-electron chi connectivity index (χ1n) is 8.73. The molecule has 1 aliphatic rings. The van der Waals surface area contributed by atoms with Gasteiger partial charge in [-0.1, -0.05) is 17.7 Å². The summed E-state index contributed by atoms with van der Waals surface area (Å²) >= 11 is 5.85. The molecule has 1 aliphatic heterocycles. The van der Waals surface area contributed by atoms with Crippen molar-refractivity contribution in [2.75, 3.05) is 18.5 Å². The van der Waals surface area contributed by atoms with E-state index in [0.717, 1.165) is 5.56 Å². The second-order valence-electron chi connectivity index (χ2n) is 6.14.